The summed E-state index contributed by atoms with van der Waals surface area (Å²) in [6.07, 6.45) is -0.554. The van der Waals surface area contributed by atoms with Crippen LogP contribution in [0, 0.1) is 18.6 Å². The molecule has 0 saturated heterocycles. The Labute approximate surface area is 204 Å². The van der Waals surface area contributed by atoms with Crippen molar-refractivity contribution in [1.29, 1.82) is 0 Å². The van der Waals surface area contributed by atoms with Crippen LogP contribution in [0.1, 0.15) is 29.0 Å². The van der Waals surface area contributed by atoms with Gasteiger partial charge in [0.05, 0.1) is 12.5 Å². The molecule has 0 heterocycles. The number of carbonyl (C=O) groups excluding carboxylic acids is 1. The Morgan fingerprint density at radius 3 is 2.52 bits per heavy atom. The summed E-state index contributed by atoms with van der Waals surface area (Å²) in [5.41, 5.74) is 3.59. The molecule has 142 valence electrons. The first-order valence-electron chi connectivity index (χ1n) is 8.01. The number of benzene rings is 2. The summed E-state index contributed by atoms with van der Waals surface area (Å²) in [6, 6.07) is 8.66. The molecule has 2 atom stereocenters. The van der Waals surface area contributed by atoms with Gasteiger partial charge in [-0.05, 0) is 48.2 Å². The zero-order valence-corrected chi connectivity index (χ0v) is 15.2. The first kappa shape index (κ1) is 24.7. The van der Waals surface area contributed by atoms with Crippen LogP contribution >= 0.6 is 11.6 Å². The van der Waals surface area contributed by atoms with Gasteiger partial charge in [0, 0.05) is 24.1 Å². The first-order valence-corrected chi connectivity index (χ1v) is 8.39. The van der Waals surface area contributed by atoms with E-state index in [2.05, 4.69) is 0 Å². The van der Waals surface area contributed by atoms with E-state index in [0.29, 0.717) is 11.4 Å². The van der Waals surface area contributed by atoms with Crippen molar-refractivity contribution in [2.24, 2.45) is 0 Å². The fraction of sp³-hybridized carbons (Fsp3) is 0.316. The Hall–Kier alpha value is -0.384. The molecule has 2 N–H and O–H groups in total. The average molecular weight is 424 g/mol. The number of amides is 1. The monoisotopic (exact) mass is 423 g/mol. The summed E-state index contributed by atoms with van der Waals surface area (Å²) in [5.74, 6) is -2.63. The predicted molar refractivity (Wildman–Crippen MR) is 101 cm³/mol. The molecule has 2 aromatic rings. The number of hydrogen-bond acceptors (Lipinski definition) is 3. The molecule has 4 nitrogen and oxygen atoms in total. The molecule has 2 aromatic carbocycles. The number of methoxy groups -OCH3 is 1. The molecule has 0 saturated carbocycles. The van der Waals surface area contributed by atoms with Crippen molar-refractivity contribution in [1.82, 2.24) is 5.48 Å². The van der Waals surface area contributed by atoms with Gasteiger partial charge in [-0.25, -0.2) is 14.3 Å². The summed E-state index contributed by atoms with van der Waals surface area (Å²) in [5, 5.41) is 9.38. The number of halogens is 3. The maximum atomic E-state index is 14.4. The van der Waals surface area contributed by atoms with E-state index in [1.54, 1.807) is 17.6 Å². The predicted octanol–water partition coefficient (Wildman–Crippen LogP) is 3.51. The second kappa shape index (κ2) is 11.6. The van der Waals surface area contributed by atoms with Crippen LogP contribution < -0.4 is 5.48 Å². The van der Waals surface area contributed by atoms with Gasteiger partial charge in [-0.1, -0.05) is 23.7 Å². The van der Waals surface area contributed by atoms with Gasteiger partial charge < -0.3 is 4.74 Å². The van der Waals surface area contributed by atoms with Gasteiger partial charge in [-0.15, -0.1) is 0 Å². The summed E-state index contributed by atoms with van der Waals surface area (Å²) in [6.45, 7) is 1.88. The van der Waals surface area contributed by atoms with Crippen molar-refractivity contribution < 1.29 is 23.5 Å². The second-order valence-corrected chi connectivity index (χ2v) is 6.50. The molecule has 0 aliphatic rings. The van der Waals surface area contributed by atoms with Crippen LogP contribution in [0.2, 0.25) is 5.02 Å². The van der Waals surface area contributed by atoms with E-state index in [1.165, 1.54) is 19.2 Å². The number of hydrogen-bond donors (Lipinski definition) is 2. The van der Waals surface area contributed by atoms with Crippen molar-refractivity contribution in [3.8, 4) is 0 Å². The number of carbonyl (C=O) groups is 1. The molecule has 27 heavy (non-hydrogen) atoms. The van der Waals surface area contributed by atoms with Crippen LogP contribution in [-0.4, -0.2) is 75.7 Å². The van der Waals surface area contributed by atoms with Gasteiger partial charge in [0.25, 0.3) is 0 Å². The van der Waals surface area contributed by atoms with E-state index >= 15 is 0 Å². The maximum absolute atomic E-state index is 14.4. The fourth-order valence-electron chi connectivity index (χ4n) is 2.99. The molecule has 2 rings (SSSR count). The summed E-state index contributed by atoms with van der Waals surface area (Å²) < 4.78 is 33.1. The number of nitrogens with one attached hydrogen (secondary N) is 1. The summed E-state index contributed by atoms with van der Waals surface area (Å²) >= 11 is 5.98. The Morgan fingerprint density at radius 2 is 1.96 bits per heavy atom. The average Bonchev–Trinajstić information content (AvgIpc) is 2.60. The van der Waals surface area contributed by atoms with E-state index in [0.717, 1.165) is 17.2 Å². The molecule has 8 heteroatoms. The molecular formula is C19H21ClF2KNO3. The van der Waals surface area contributed by atoms with E-state index < -0.39 is 29.6 Å². The normalized spacial score (nSPS) is 12.8. The number of hydroxylamine groups is 1. The topological polar surface area (TPSA) is 58.6 Å². The molecule has 0 spiro atoms. The van der Waals surface area contributed by atoms with Gasteiger partial charge in [0.1, 0.15) is 11.6 Å². The SMILES string of the molecule is CO[C@H](CC(=O)NO)[C@H](Cc1ccc(Cl)cc1C)c1ccc(F)cc1F.[KH]. The molecule has 1 amide bonds. The van der Waals surface area contributed by atoms with Gasteiger partial charge in [0.2, 0.25) is 5.91 Å². The van der Waals surface area contributed by atoms with Crippen LogP contribution in [0.3, 0.4) is 0 Å². The minimum absolute atomic E-state index is 0. The van der Waals surface area contributed by atoms with E-state index in [9.17, 15) is 13.6 Å². The fourth-order valence-corrected chi connectivity index (χ4v) is 3.21. The Kier molecular flexibility index (Phi) is 10.6. The van der Waals surface area contributed by atoms with E-state index in [-0.39, 0.29) is 63.4 Å². The zero-order valence-electron chi connectivity index (χ0n) is 14.4. The van der Waals surface area contributed by atoms with Crippen molar-refractivity contribution in [3.05, 3.63) is 69.7 Å². The Morgan fingerprint density at radius 1 is 1.26 bits per heavy atom. The van der Waals surface area contributed by atoms with Crippen LogP contribution in [0.5, 0.6) is 0 Å². The summed E-state index contributed by atoms with van der Waals surface area (Å²) in [4.78, 5) is 11.6. The third-order valence-electron chi connectivity index (χ3n) is 4.37. The van der Waals surface area contributed by atoms with Crippen molar-refractivity contribution in [2.45, 2.75) is 31.8 Å². The van der Waals surface area contributed by atoms with Crippen LogP contribution in [0.25, 0.3) is 0 Å². The zero-order chi connectivity index (χ0) is 19.3. The molecule has 0 unspecified atom stereocenters. The second-order valence-electron chi connectivity index (χ2n) is 6.06. The molecule has 0 aliphatic carbocycles. The minimum atomic E-state index is -0.725. The van der Waals surface area contributed by atoms with E-state index in [4.69, 9.17) is 21.5 Å². The number of aryl methyl sites for hydroxylation is 1. The van der Waals surface area contributed by atoms with Crippen LogP contribution in [-0.2, 0) is 16.0 Å². The number of ether oxygens (including phenoxy) is 1. The first-order chi connectivity index (χ1) is 12.3. The van der Waals surface area contributed by atoms with Crippen LogP contribution in [0.15, 0.2) is 36.4 Å². The molecular weight excluding hydrogens is 403 g/mol. The molecule has 0 aliphatic heterocycles. The van der Waals surface area contributed by atoms with Gasteiger partial charge in [-0.2, -0.15) is 0 Å². The van der Waals surface area contributed by atoms with Crippen LogP contribution in [0.4, 0.5) is 8.78 Å². The standard InChI is InChI=1S/C19H20ClF2NO3.K.H/c1-11-7-13(20)4-3-12(11)8-16(18(26-2)10-19(24)23-25)15-6-5-14(21)9-17(15)22;;/h3-7,9,16,18,25H,8,10H2,1-2H3,(H,23,24);;/t16-,18-;;/m1../s1. The van der Waals surface area contributed by atoms with Crippen molar-refractivity contribution in [3.63, 3.8) is 0 Å². The van der Waals surface area contributed by atoms with E-state index in [1.807, 2.05) is 13.0 Å². The Bertz CT molecular complexity index is 792. The van der Waals surface area contributed by atoms with Gasteiger partial charge >= 0.3 is 51.4 Å². The number of rotatable bonds is 7. The quantitative estimate of drug-likeness (QED) is 0.407. The molecule has 0 bridgehead atoms. The summed E-state index contributed by atoms with van der Waals surface area (Å²) in [7, 11) is 1.40. The molecule has 0 fully saturated rings. The van der Waals surface area contributed by atoms with Gasteiger partial charge in [-0.3, -0.25) is 10.0 Å². The van der Waals surface area contributed by atoms with Crippen molar-refractivity contribution >= 4 is 68.9 Å². The molecule has 0 radical (unpaired) electrons. The third kappa shape index (κ3) is 6.87. The van der Waals surface area contributed by atoms with Crippen molar-refractivity contribution in [2.75, 3.05) is 7.11 Å². The Balaban J connectivity index is 0.00000364. The molecule has 0 aromatic heterocycles. The van der Waals surface area contributed by atoms with Gasteiger partial charge in [0.15, 0.2) is 0 Å². The third-order valence-corrected chi connectivity index (χ3v) is 4.60.